The van der Waals surface area contributed by atoms with E-state index in [1.807, 2.05) is 0 Å². The van der Waals surface area contributed by atoms with E-state index >= 15 is 0 Å². The Labute approximate surface area is 126 Å². The van der Waals surface area contributed by atoms with Crippen molar-refractivity contribution in [2.45, 2.75) is 31.2 Å². The lowest BCUT2D eigenvalue weighted by Crippen LogP contribution is -2.46. The molecule has 4 nitrogen and oxygen atoms in total. The first kappa shape index (κ1) is 15.4. The standard InChI is InChI=1S/C11H10BrClF3N3O/c1-10(8-5(13)2-3-7(12)18-8)4-6(11(14,15)16)20-9(17)19-10/h2-3,6H,4H2,1H3,(H2,17,19)/t6-,10-/m0/s1. The molecule has 0 saturated carbocycles. The van der Waals surface area contributed by atoms with Gasteiger partial charge in [-0.25, -0.2) is 9.98 Å². The molecular formula is C11H10BrClF3N3O. The van der Waals surface area contributed by atoms with E-state index in [4.69, 9.17) is 17.3 Å². The number of aromatic nitrogens is 1. The number of halogens is 5. The lowest BCUT2D eigenvalue weighted by atomic mass is 9.89. The van der Waals surface area contributed by atoms with Crippen molar-refractivity contribution < 1.29 is 17.9 Å². The summed E-state index contributed by atoms with van der Waals surface area (Å²) in [5.41, 5.74) is 4.28. The summed E-state index contributed by atoms with van der Waals surface area (Å²) in [6.45, 7) is 1.49. The van der Waals surface area contributed by atoms with Gasteiger partial charge in [-0.05, 0) is 35.0 Å². The summed E-state index contributed by atoms with van der Waals surface area (Å²) in [5.74, 6) is 0. The van der Waals surface area contributed by atoms with E-state index in [1.165, 1.54) is 13.0 Å². The van der Waals surface area contributed by atoms with Crippen LogP contribution in [0.15, 0.2) is 21.7 Å². The third-order valence-electron chi connectivity index (χ3n) is 2.89. The van der Waals surface area contributed by atoms with Gasteiger partial charge in [0.15, 0.2) is 6.10 Å². The molecule has 2 atom stereocenters. The summed E-state index contributed by atoms with van der Waals surface area (Å²) in [5, 5.41) is 0.218. The van der Waals surface area contributed by atoms with Crippen LogP contribution in [0.25, 0.3) is 0 Å². The molecule has 20 heavy (non-hydrogen) atoms. The van der Waals surface area contributed by atoms with Crippen LogP contribution in [0.3, 0.4) is 0 Å². The highest BCUT2D eigenvalue weighted by Crippen LogP contribution is 2.41. The van der Waals surface area contributed by atoms with Gasteiger partial charge >= 0.3 is 6.18 Å². The van der Waals surface area contributed by atoms with Crippen molar-refractivity contribution in [3.8, 4) is 0 Å². The third kappa shape index (κ3) is 3.01. The minimum atomic E-state index is -4.54. The molecule has 1 aliphatic heterocycles. The first-order valence-electron chi connectivity index (χ1n) is 5.53. The molecule has 2 rings (SSSR count). The van der Waals surface area contributed by atoms with Crippen LogP contribution in [-0.4, -0.2) is 23.3 Å². The van der Waals surface area contributed by atoms with Gasteiger partial charge in [0.2, 0.25) is 0 Å². The average Bonchev–Trinajstić information content (AvgIpc) is 2.30. The molecule has 1 aromatic rings. The van der Waals surface area contributed by atoms with Crippen molar-refractivity contribution in [2.75, 3.05) is 0 Å². The van der Waals surface area contributed by atoms with E-state index < -0.39 is 30.3 Å². The van der Waals surface area contributed by atoms with Gasteiger partial charge in [0, 0.05) is 6.42 Å². The molecule has 2 N–H and O–H groups in total. The maximum atomic E-state index is 12.9. The molecule has 0 radical (unpaired) electrons. The number of aliphatic imine (C=N–C) groups is 1. The van der Waals surface area contributed by atoms with Gasteiger partial charge in [-0.1, -0.05) is 11.6 Å². The third-order valence-corrected chi connectivity index (χ3v) is 3.64. The largest absolute Gasteiger partial charge is 0.452 e. The number of alkyl halides is 3. The second kappa shape index (κ2) is 5.07. The normalized spacial score (nSPS) is 26.9. The minimum absolute atomic E-state index is 0.217. The number of nitrogens with zero attached hydrogens (tertiary/aromatic N) is 2. The Balaban J connectivity index is 2.48. The summed E-state index contributed by atoms with van der Waals surface area (Å²) in [4.78, 5) is 8.07. The first-order chi connectivity index (χ1) is 9.12. The van der Waals surface area contributed by atoms with Crippen LogP contribution in [-0.2, 0) is 10.3 Å². The van der Waals surface area contributed by atoms with Crippen molar-refractivity contribution in [1.29, 1.82) is 0 Å². The predicted molar refractivity (Wildman–Crippen MR) is 71.5 cm³/mol. The van der Waals surface area contributed by atoms with Gasteiger partial charge in [0.1, 0.15) is 10.1 Å². The Bertz CT molecular complexity index is 566. The Morgan fingerprint density at radius 2 is 2.15 bits per heavy atom. The fourth-order valence-electron chi connectivity index (χ4n) is 1.99. The predicted octanol–water partition coefficient (Wildman–Crippen LogP) is 3.38. The van der Waals surface area contributed by atoms with Crippen LogP contribution in [0.1, 0.15) is 19.0 Å². The molecule has 0 spiro atoms. The van der Waals surface area contributed by atoms with E-state index in [2.05, 4.69) is 30.6 Å². The first-order valence-corrected chi connectivity index (χ1v) is 6.70. The number of hydrogen-bond donors (Lipinski definition) is 1. The number of nitrogens with two attached hydrogens (primary N) is 1. The zero-order chi connectivity index (χ0) is 15.1. The molecule has 1 aliphatic rings. The molecule has 0 aromatic carbocycles. The number of pyridine rings is 1. The van der Waals surface area contributed by atoms with Crippen LogP contribution in [0.5, 0.6) is 0 Å². The number of rotatable bonds is 1. The number of hydrogen-bond acceptors (Lipinski definition) is 4. The Morgan fingerprint density at radius 1 is 1.50 bits per heavy atom. The van der Waals surface area contributed by atoms with Crippen molar-refractivity contribution in [2.24, 2.45) is 10.7 Å². The fraction of sp³-hybridized carbons (Fsp3) is 0.455. The molecule has 0 unspecified atom stereocenters. The van der Waals surface area contributed by atoms with Gasteiger partial charge in [-0.3, -0.25) is 0 Å². The van der Waals surface area contributed by atoms with E-state index in [9.17, 15) is 13.2 Å². The van der Waals surface area contributed by atoms with E-state index in [-0.39, 0.29) is 10.7 Å². The van der Waals surface area contributed by atoms with Gasteiger partial charge in [-0.15, -0.1) is 0 Å². The lowest BCUT2D eigenvalue weighted by molar-refractivity contribution is -0.208. The smallest absolute Gasteiger partial charge is 0.425 e. The van der Waals surface area contributed by atoms with Crippen molar-refractivity contribution in [3.63, 3.8) is 0 Å². The maximum Gasteiger partial charge on any atom is 0.425 e. The van der Waals surface area contributed by atoms with Gasteiger partial charge < -0.3 is 10.5 Å². The fourth-order valence-corrected chi connectivity index (χ4v) is 2.61. The molecule has 0 fully saturated rings. The summed E-state index contributed by atoms with van der Waals surface area (Å²) in [7, 11) is 0. The van der Waals surface area contributed by atoms with Crippen molar-refractivity contribution in [1.82, 2.24) is 4.98 Å². The molecule has 1 aromatic heterocycles. The topological polar surface area (TPSA) is 60.5 Å². The monoisotopic (exact) mass is 371 g/mol. The zero-order valence-electron chi connectivity index (χ0n) is 10.2. The van der Waals surface area contributed by atoms with Crippen LogP contribution in [0, 0.1) is 0 Å². The molecule has 2 heterocycles. The second-order valence-corrected chi connectivity index (χ2v) is 5.76. The minimum Gasteiger partial charge on any atom is -0.452 e. The highest BCUT2D eigenvalue weighted by atomic mass is 79.9. The second-order valence-electron chi connectivity index (χ2n) is 4.54. The lowest BCUT2D eigenvalue weighted by Gasteiger charge is -2.35. The molecule has 0 saturated heterocycles. The summed E-state index contributed by atoms with van der Waals surface area (Å²) >= 11 is 9.17. The van der Waals surface area contributed by atoms with Gasteiger partial charge in [0.25, 0.3) is 6.02 Å². The van der Waals surface area contributed by atoms with Crippen LogP contribution in [0.4, 0.5) is 13.2 Å². The Morgan fingerprint density at radius 3 is 2.75 bits per heavy atom. The molecular weight excluding hydrogens is 362 g/mol. The van der Waals surface area contributed by atoms with Crippen LogP contribution < -0.4 is 5.73 Å². The quantitative estimate of drug-likeness (QED) is 0.769. The molecule has 0 amide bonds. The SMILES string of the molecule is C[C@@]1(c2nc(Br)ccc2Cl)C[C@@H](C(F)(F)F)OC(N)=N1. The highest BCUT2D eigenvalue weighted by molar-refractivity contribution is 9.10. The molecule has 0 bridgehead atoms. The van der Waals surface area contributed by atoms with Gasteiger partial charge in [-0.2, -0.15) is 13.2 Å². The summed E-state index contributed by atoms with van der Waals surface area (Å²) < 4.78 is 43.6. The maximum absolute atomic E-state index is 12.9. The molecule has 110 valence electrons. The van der Waals surface area contributed by atoms with Crippen molar-refractivity contribution in [3.05, 3.63) is 27.5 Å². The highest BCUT2D eigenvalue weighted by Gasteiger charge is 2.50. The van der Waals surface area contributed by atoms with Crippen molar-refractivity contribution >= 4 is 33.6 Å². The summed E-state index contributed by atoms with van der Waals surface area (Å²) in [6.07, 6.45) is -7.03. The Kier molecular flexibility index (Phi) is 3.90. The van der Waals surface area contributed by atoms with Crippen LogP contribution >= 0.6 is 27.5 Å². The molecule has 0 aliphatic carbocycles. The average molecular weight is 373 g/mol. The zero-order valence-corrected chi connectivity index (χ0v) is 12.6. The summed E-state index contributed by atoms with van der Waals surface area (Å²) in [6, 6.07) is 2.59. The van der Waals surface area contributed by atoms with Crippen LogP contribution in [0.2, 0.25) is 5.02 Å². The van der Waals surface area contributed by atoms with E-state index in [0.717, 1.165) is 0 Å². The van der Waals surface area contributed by atoms with E-state index in [1.54, 1.807) is 6.07 Å². The van der Waals surface area contributed by atoms with Gasteiger partial charge in [0.05, 0.1) is 10.7 Å². The Hall–Kier alpha value is -1.02. The molecule has 9 heteroatoms. The number of amidine groups is 1. The number of ether oxygens (including phenoxy) is 1. The van der Waals surface area contributed by atoms with E-state index in [0.29, 0.717) is 4.60 Å².